The van der Waals surface area contributed by atoms with E-state index in [4.69, 9.17) is 0 Å². The summed E-state index contributed by atoms with van der Waals surface area (Å²) in [5, 5.41) is 2.23. The van der Waals surface area contributed by atoms with Gasteiger partial charge < -0.3 is 0 Å². The van der Waals surface area contributed by atoms with Crippen molar-refractivity contribution in [1.82, 2.24) is 10.0 Å². The number of hydrogen-bond donors (Lipinski definition) is 0. The summed E-state index contributed by atoms with van der Waals surface area (Å²) in [6, 6.07) is 17.3. The van der Waals surface area contributed by atoms with Crippen molar-refractivity contribution in [2.75, 3.05) is 9.80 Å². The van der Waals surface area contributed by atoms with Crippen molar-refractivity contribution in [3.63, 3.8) is 0 Å². The van der Waals surface area contributed by atoms with Gasteiger partial charge in [0.25, 0.3) is 11.8 Å². The Morgan fingerprint density at radius 3 is 1.06 bits per heavy atom. The van der Waals surface area contributed by atoms with Crippen LogP contribution in [-0.4, -0.2) is 45.7 Å². The Kier molecular flexibility index (Phi) is 7.07. The molecule has 14 heteroatoms. The van der Waals surface area contributed by atoms with Crippen molar-refractivity contribution in [2.24, 2.45) is 11.8 Å². The molecule has 0 N–H and O–H groups in total. The predicted molar refractivity (Wildman–Crippen MR) is 164 cm³/mol. The number of nitrogens with zero attached hydrogens (tertiary/aromatic N) is 4. The average molecular weight is 691 g/mol. The van der Waals surface area contributed by atoms with Crippen LogP contribution in [0, 0.1) is 11.8 Å². The van der Waals surface area contributed by atoms with E-state index < -0.39 is 94.2 Å². The number of carbonyl (C=O) groups excluding carboxylic acids is 4. The molecule has 50 heavy (non-hydrogen) atoms. The van der Waals surface area contributed by atoms with Crippen LogP contribution in [0.4, 0.5) is 37.7 Å². The van der Waals surface area contributed by atoms with Gasteiger partial charge in [-0.3, -0.25) is 19.2 Å². The zero-order valence-electron chi connectivity index (χ0n) is 25.5. The lowest BCUT2D eigenvalue weighted by Gasteiger charge is -2.36. The first-order valence-electron chi connectivity index (χ1n) is 15.6. The van der Waals surface area contributed by atoms with Gasteiger partial charge in [0.2, 0.25) is 11.8 Å². The van der Waals surface area contributed by atoms with Crippen molar-refractivity contribution < 1.29 is 45.5 Å². The highest BCUT2D eigenvalue weighted by atomic mass is 19.4. The van der Waals surface area contributed by atoms with Crippen LogP contribution in [0.1, 0.15) is 34.3 Å². The molecule has 4 aliphatic rings. The largest absolute Gasteiger partial charge is 0.416 e. The molecule has 4 aliphatic heterocycles. The van der Waals surface area contributed by atoms with Crippen molar-refractivity contribution in [3.05, 3.63) is 131 Å². The Hall–Kier alpha value is -5.34. The van der Waals surface area contributed by atoms with Gasteiger partial charge in [-0.25, -0.2) is 19.8 Å². The molecular formula is C36H24F6N4O4. The molecular weight excluding hydrogens is 666 g/mol. The maximum Gasteiger partial charge on any atom is 0.416 e. The number of hydrogen-bond acceptors (Lipinski definition) is 6. The van der Waals surface area contributed by atoms with Gasteiger partial charge in [-0.2, -0.15) is 26.3 Å². The fourth-order valence-corrected chi connectivity index (χ4v) is 8.14. The SMILES string of the molecule is O=C1C2C(C(=O)N1c1ccccc1)N1C(c3ccccc3C(F)(F)F)C3C(=O)N(c4ccccc4)C(=O)C3N1C2c1ccccc1C(F)(F)F. The molecule has 4 aromatic rings. The van der Waals surface area contributed by atoms with E-state index in [1.807, 2.05) is 0 Å². The number of benzene rings is 4. The number of para-hydroxylation sites is 2. The van der Waals surface area contributed by atoms with Crippen LogP contribution in [0.25, 0.3) is 0 Å². The van der Waals surface area contributed by atoms with Crippen LogP contribution in [0.2, 0.25) is 0 Å². The van der Waals surface area contributed by atoms with Crippen LogP contribution in [0.15, 0.2) is 109 Å². The highest BCUT2D eigenvalue weighted by Crippen LogP contribution is 2.61. The van der Waals surface area contributed by atoms with E-state index in [0.29, 0.717) is 0 Å². The summed E-state index contributed by atoms with van der Waals surface area (Å²) < 4.78 is 88.0. The Labute approximate surface area is 280 Å². The van der Waals surface area contributed by atoms with Gasteiger partial charge in [-0.05, 0) is 47.5 Å². The predicted octanol–water partition coefficient (Wildman–Crippen LogP) is 6.17. The quantitative estimate of drug-likeness (QED) is 0.188. The molecule has 0 aliphatic carbocycles. The zero-order chi connectivity index (χ0) is 35.3. The van der Waals surface area contributed by atoms with Crippen LogP contribution >= 0.6 is 0 Å². The van der Waals surface area contributed by atoms with Gasteiger partial charge in [0.15, 0.2) is 0 Å². The number of rotatable bonds is 4. The Morgan fingerprint density at radius 2 is 0.720 bits per heavy atom. The summed E-state index contributed by atoms with van der Waals surface area (Å²) in [6.45, 7) is 0. The molecule has 0 spiro atoms. The molecule has 4 heterocycles. The summed E-state index contributed by atoms with van der Waals surface area (Å²) in [5.74, 6) is -6.78. The van der Waals surface area contributed by atoms with Crippen LogP contribution in [-0.2, 0) is 31.5 Å². The highest BCUT2D eigenvalue weighted by molar-refractivity contribution is 6.26. The lowest BCUT2D eigenvalue weighted by molar-refractivity contribution is -0.143. The standard InChI is InChI=1S/C36H24F6N4O4/c37-35(38,39)23-17-9-7-15-21(23)27-25-29(33(49)43(31(25)47)19-11-3-1-4-12-19)45-28(22-16-8-10-18-24(22)36(40,41)42)26-30(46(27)45)34(50)44(32(26)48)20-13-5-2-6-14-20/h1-18,25-30H. The number of anilines is 2. The molecule has 0 radical (unpaired) electrons. The summed E-state index contributed by atoms with van der Waals surface area (Å²) in [5.41, 5.74) is -3.01. The summed E-state index contributed by atoms with van der Waals surface area (Å²) in [4.78, 5) is 59.3. The van der Waals surface area contributed by atoms with Gasteiger partial charge >= 0.3 is 12.4 Å². The number of amides is 4. The molecule has 8 nitrogen and oxygen atoms in total. The Balaban J connectivity index is 1.41. The summed E-state index contributed by atoms with van der Waals surface area (Å²) in [7, 11) is 0. The normalized spacial score (nSPS) is 26.9. The first kappa shape index (κ1) is 31.9. The molecule has 4 saturated heterocycles. The molecule has 4 fully saturated rings. The van der Waals surface area contributed by atoms with E-state index in [-0.39, 0.29) is 11.4 Å². The average Bonchev–Trinajstić information content (AvgIpc) is 3.76. The van der Waals surface area contributed by atoms with E-state index in [0.717, 1.165) is 56.2 Å². The number of alkyl halides is 6. The molecule has 4 amide bonds. The number of hydrazine groups is 1. The third kappa shape index (κ3) is 4.47. The van der Waals surface area contributed by atoms with E-state index in [1.165, 1.54) is 36.4 Å². The molecule has 0 saturated carbocycles. The van der Waals surface area contributed by atoms with E-state index in [2.05, 4.69) is 0 Å². The maximum absolute atomic E-state index is 14.7. The second kappa shape index (κ2) is 11.1. The van der Waals surface area contributed by atoms with Gasteiger partial charge in [0.1, 0.15) is 12.1 Å². The second-order valence-corrected chi connectivity index (χ2v) is 12.5. The molecule has 8 rings (SSSR count). The fraction of sp³-hybridized carbons (Fsp3) is 0.222. The third-order valence-electron chi connectivity index (χ3n) is 9.92. The van der Waals surface area contributed by atoms with Crippen molar-refractivity contribution in [1.29, 1.82) is 0 Å². The molecule has 6 unspecified atom stereocenters. The fourth-order valence-electron chi connectivity index (χ4n) is 8.14. The van der Waals surface area contributed by atoms with Gasteiger partial charge in [-0.15, -0.1) is 0 Å². The zero-order valence-corrected chi connectivity index (χ0v) is 25.5. The number of imide groups is 2. The maximum atomic E-state index is 14.7. The monoisotopic (exact) mass is 690 g/mol. The highest BCUT2D eigenvalue weighted by Gasteiger charge is 2.74. The molecule has 0 bridgehead atoms. The smallest absolute Gasteiger partial charge is 0.274 e. The topological polar surface area (TPSA) is 81.2 Å². The van der Waals surface area contributed by atoms with E-state index >= 15 is 0 Å². The van der Waals surface area contributed by atoms with Crippen molar-refractivity contribution in [2.45, 2.75) is 36.5 Å². The third-order valence-corrected chi connectivity index (χ3v) is 9.92. The van der Waals surface area contributed by atoms with Crippen LogP contribution in [0.5, 0.6) is 0 Å². The molecule has 6 atom stereocenters. The van der Waals surface area contributed by atoms with Crippen molar-refractivity contribution >= 4 is 35.0 Å². The molecule has 4 aromatic carbocycles. The molecule has 254 valence electrons. The Bertz CT molecular complexity index is 1910. The number of carbonyl (C=O) groups is 4. The van der Waals surface area contributed by atoms with E-state index in [1.54, 1.807) is 36.4 Å². The van der Waals surface area contributed by atoms with Gasteiger partial charge in [-0.1, -0.05) is 72.8 Å². The van der Waals surface area contributed by atoms with Gasteiger partial charge in [0, 0.05) is 0 Å². The molecule has 0 aromatic heterocycles. The first-order chi connectivity index (χ1) is 23.8. The minimum atomic E-state index is -4.96. The lowest BCUT2D eigenvalue weighted by Crippen LogP contribution is -2.50. The van der Waals surface area contributed by atoms with Gasteiger partial charge in [0.05, 0.1) is 46.4 Å². The number of halogens is 6. The van der Waals surface area contributed by atoms with Crippen LogP contribution < -0.4 is 9.80 Å². The van der Waals surface area contributed by atoms with Crippen molar-refractivity contribution in [3.8, 4) is 0 Å². The van der Waals surface area contributed by atoms with Crippen LogP contribution in [0.3, 0.4) is 0 Å². The Morgan fingerprint density at radius 1 is 0.400 bits per heavy atom. The minimum absolute atomic E-state index is 0.111. The lowest BCUT2D eigenvalue weighted by atomic mass is 9.82. The number of fused-ring (bicyclic) bond motifs is 5. The summed E-state index contributed by atoms with van der Waals surface area (Å²) >= 11 is 0. The van der Waals surface area contributed by atoms with E-state index in [9.17, 15) is 45.5 Å². The first-order valence-corrected chi connectivity index (χ1v) is 15.6. The second-order valence-electron chi connectivity index (χ2n) is 12.5. The summed E-state index contributed by atoms with van der Waals surface area (Å²) in [6.07, 6.45) is -9.92. The minimum Gasteiger partial charge on any atom is -0.274 e.